The summed E-state index contributed by atoms with van der Waals surface area (Å²) in [6, 6.07) is 16.9. The fraction of sp³-hybridized carbons (Fsp3) is 0.304. The first-order chi connectivity index (χ1) is 12.6. The third kappa shape index (κ3) is 3.21. The van der Waals surface area contributed by atoms with Gasteiger partial charge in [0.05, 0.1) is 11.3 Å². The van der Waals surface area contributed by atoms with Crippen molar-refractivity contribution in [1.82, 2.24) is 4.98 Å². The van der Waals surface area contributed by atoms with Gasteiger partial charge in [0.15, 0.2) is 6.20 Å². The number of benzene rings is 1. The van der Waals surface area contributed by atoms with E-state index in [4.69, 9.17) is 1.37 Å². The van der Waals surface area contributed by atoms with Crippen LogP contribution in [0.1, 0.15) is 44.1 Å². The van der Waals surface area contributed by atoms with Gasteiger partial charge in [-0.25, -0.2) is 4.57 Å². The van der Waals surface area contributed by atoms with Crippen molar-refractivity contribution in [2.45, 2.75) is 38.5 Å². The molecule has 25 heavy (non-hydrogen) atoms. The maximum atomic E-state index is 8.63. The lowest BCUT2D eigenvalue weighted by molar-refractivity contribution is -0.659. The van der Waals surface area contributed by atoms with Crippen molar-refractivity contribution in [1.29, 1.82) is 0 Å². The van der Waals surface area contributed by atoms with Crippen molar-refractivity contribution in [2.75, 3.05) is 0 Å². The summed E-state index contributed by atoms with van der Waals surface area (Å²) in [5.74, 6) is -0.426. The molecular formula is C23H25N2+. The molecule has 1 saturated carbocycles. The molecule has 1 aromatic carbocycles. The molecule has 126 valence electrons. The van der Waals surface area contributed by atoms with E-state index in [-0.39, 0.29) is 0 Å². The van der Waals surface area contributed by atoms with Crippen molar-refractivity contribution in [3.05, 3.63) is 72.1 Å². The molecule has 0 spiro atoms. The molecular weight excluding hydrogens is 304 g/mol. The Morgan fingerprint density at radius 2 is 1.84 bits per heavy atom. The van der Waals surface area contributed by atoms with Gasteiger partial charge in [0.1, 0.15) is 7.05 Å². The maximum Gasteiger partial charge on any atom is 0.212 e. The third-order valence-corrected chi connectivity index (χ3v) is 5.23. The minimum atomic E-state index is -0.426. The second-order valence-electron chi connectivity index (χ2n) is 6.97. The highest BCUT2D eigenvalue weighted by atomic mass is 14.9. The lowest BCUT2D eigenvalue weighted by Gasteiger charge is -2.10. The summed E-state index contributed by atoms with van der Waals surface area (Å²) in [7, 11) is 2.08. The van der Waals surface area contributed by atoms with Crippen molar-refractivity contribution in [2.24, 2.45) is 7.05 Å². The smallest absolute Gasteiger partial charge is 0.212 e. The fourth-order valence-electron chi connectivity index (χ4n) is 3.76. The number of hydrogen-bond donors (Lipinski definition) is 0. The van der Waals surface area contributed by atoms with Gasteiger partial charge in [0, 0.05) is 19.2 Å². The van der Waals surface area contributed by atoms with Gasteiger partial charge in [-0.2, -0.15) is 0 Å². The molecule has 0 atom stereocenters. The number of hydrogen-bond acceptors (Lipinski definition) is 1. The van der Waals surface area contributed by atoms with E-state index in [9.17, 15) is 0 Å². The van der Waals surface area contributed by atoms with E-state index in [1.807, 2.05) is 6.20 Å². The van der Waals surface area contributed by atoms with Gasteiger partial charge in [0.25, 0.3) is 0 Å². The van der Waals surface area contributed by atoms with Crippen LogP contribution in [0.4, 0.5) is 0 Å². The Morgan fingerprint density at radius 3 is 2.52 bits per heavy atom. The molecule has 0 amide bonds. The summed E-state index contributed by atoms with van der Waals surface area (Å²) >= 11 is 0. The molecule has 0 bridgehead atoms. The van der Waals surface area contributed by atoms with E-state index in [1.54, 1.807) is 0 Å². The van der Waals surface area contributed by atoms with E-state index in [0.717, 1.165) is 42.5 Å². The monoisotopic (exact) mass is 330 g/mol. The van der Waals surface area contributed by atoms with E-state index in [1.165, 1.54) is 16.8 Å². The normalized spacial score (nSPS) is 16.6. The quantitative estimate of drug-likeness (QED) is 0.603. The number of nitrogens with zero attached hydrogens (tertiary/aromatic N) is 2. The average molecular weight is 330 g/mol. The zero-order valence-corrected chi connectivity index (χ0v) is 15.0. The van der Waals surface area contributed by atoms with Crippen molar-refractivity contribution in [3.63, 3.8) is 0 Å². The third-order valence-electron chi connectivity index (χ3n) is 5.23. The SMILES string of the molecule is [2H]C1(c2ccc(-c3ccc(-c4ccccc4C)[n+](C)c3)nc2)CCCC1. The Labute approximate surface area is 151 Å². The molecule has 0 radical (unpaired) electrons. The van der Waals surface area contributed by atoms with Crippen LogP contribution in [0.5, 0.6) is 0 Å². The highest BCUT2D eigenvalue weighted by molar-refractivity contribution is 5.64. The molecule has 3 aromatic rings. The first-order valence-electron chi connectivity index (χ1n) is 9.59. The minimum Gasteiger partial charge on any atom is -0.256 e. The van der Waals surface area contributed by atoms with Crippen LogP contribution >= 0.6 is 0 Å². The number of aromatic nitrogens is 2. The molecule has 2 aromatic heterocycles. The van der Waals surface area contributed by atoms with Gasteiger partial charge in [0.2, 0.25) is 5.69 Å². The summed E-state index contributed by atoms with van der Waals surface area (Å²) in [5, 5.41) is 0. The largest absolute Gasteiger partial charge is 0.256 e. The standard InChI is InChI=1S/C23H25N2/c1-17-7-3-6-10-21(17)23-14-12-20(16-25(23)2)22-13-11-19(15-24-22)18-8-4-5-9-18/h3,6-7,10-16,18H,4-5,8-9H2,1-2H3/q+1/i18D. The van der Waals surface area contributed by atoms with Gasteiger partial charge in [-0.05, 0) is 55.0 Å². The molecule has 0 N–H and O–H groups in total. The Morgan fingerprint density at radius 1 is 1.04 bits per heavy atom. The Balaban J connectivity index is 1.65. The van der Waals surface area contributed by atoms with Gasteiger partial charge in [-0.15, -0.1) is 0 Å². The summed E-state index contributed by atoms with van der Waals surface area (Å²) in [6.07, 6.45) is 8.25. The highest BCUT2D eigenvalue weighted by Gasteiger charge is 2.18. The summed E-state index contributed by atoms with van der Waals surface area (Å²) in [5.41, 5.74) is 6.83. The lowest BCUT2D eigenvalue weighted by atomic mass is 9.99. The zero-order chi connectivity index (χ0) is 18.1. The van der Waals surface area contributed by atoms with Gasteiger partial charge in [-0.3, -0.25) is 4.98 Å². The predicted octanol–water partition coefficient (Wildman–Crippen LogP) is 5.21. The molecule has 1 aliphatic carbocycles. The number of rotatable bonds is 3. The second kappa shape index (κ2) is 6.79. The molecule has 1 aliphatic rings. The van der Waals surface area contributed by atoms with Crippen LogP contribution in [0.2, 0.25) is 0 Å². The van der Waals surface area contributed by atoms with Crippen LogP contribution in [0.3, 0.4) is 0 Å². The molecule has 1 fully saturated rings. The second-order valence-corrected chi connectivity index (χ2v) is 6.97. The van der Waals surface area contributed by atoms with E-state index < -0.39 is 5.89 Å². The van der Waals surface area contributed by atoms with Gasteiger partial charge in [-0.1, -0.05) is 37.1 Å². The molecule has 2 nitrogen and oxygen atoms in total. The molecule has 0 unspecified atom stereocenters. The molecule has 2 heteroatoms. The summed E-state index contributed by atoms with van der Waals surface area (Å²) in [6.45, 7) is 2.14. The summed E-state index contributed by atoms with van der Waals surface area (Å²) in [4.78, 5) is 4.67. The van der Waals surface area contributed by atoms with E-state index >= 15 is 0 Å². The fourth-order valence-corrected chi connectivity index (χ4v) is 3.76. The molecule has 4 rings (SSSR count). The van der Waals surface area contributed by atoms with E-state index in [0.29, 0.717) is 0 Å². The van der Waals surface area contributed by atoms with Crippen LogP contribution in [0, 0.1) is 6.92 Å². The number of pyridine rings is 2. The Bertz CT molecular complexity index is 925. The van der Waals surface area contributed by atoms with Crippen LogP contribution < -0.4 is 4.57 Å². The van der Waals surface area contributed by atoms with Gasteiger partial charge >= 0.3 is 0 Å². The highest BCUT2D eigenvalue weighted by Crippen LogP contribution is 2.34. The van der Waals surface area contributed by atoms with Crippen LogP contribution in [0.15, 0.2) is 60.9 Å². The van der Waals surface area contributed by atoms with Crippen LogP contribution in [-0.2, 0) is 7.05 Å². The number of aryl methyl sites for hydroxylation is 2. The zero-order valence-electron chi connectivity index (χ0n) is 16.0. The summed E-state index contributed by atoms with van der Waals surface area (Å²) < 4.78 is 10.8. The van der Waals surface area contributed by atoms with Crippen LogP contribution in [0.25, 0.3) is 22.5 Å². The maximum absolute atomic E-state index is 8.63. The lowest BCUT2D eigenvalue weighted by Crippen LogP contribution is -2.30. The molecule has 0 aliphatic heterocycles. The average Bonchev–Trinajstić information content (AvgIpc) is 3.10. The first kappa shape index (κ1) is 14.8. The van der Waals surface area contributed by atoms with Gasteiger partial charge < -0.3 is 0 Å². The van der Waals surface area contributed by atoms with E-state index in [2.05, 4.69) is 78.3 Å². The predicted molar refractivity (Wildman–Crippen MR) is 102 cm³/mol. The Kier molecular flexibility index (Phi) is 4.03. The van der Waals surface area contributed by atoms with Crippen molar-refractivity contribution >= 4 is 0 Å². The molecule has 0 saturated heterocycles. The van der Waals surface area contributed by atoms with Crippen molar-refractivity contribution in [3.8, 4) is 22.5 Å². The first-order valence-corrected chi connectivity index (χ1v) is 9.09. The Hall–Kier alpha value is -2.48. The minimum absolute atomic E-state index is 0.426. The topological polar surface area (TPSA) is 16.8 Å². The van der Waals surface area contributed by atoms with Crippen molar-refractivity contribution < 1.29 is 5.94 Å². The van der Waals surface area contributed by atoms with Crippen LogP contribution in [-0.4, -0.2) is 4.98 Å². The molecule has 2 heterocycles.